The quantitative estimate of drug-likeness (QED) is 0.470. The van der Waals surface area contributed by atoms with E-state index in [1.807, 2.05) is 14.1 Å². The van der Waals surface area contributed by atoms with Gasteiger partial charge in [-0.15, -0.1) is 0 Å². The lowest BCUT2D eigenvalue weighted by molar-refractivity contribution is -0.385. The van der Waals surface area contributed by atoms with Crippen molar-refractivity contribution >= 4 is 27.4 Å². The molecule has 0 N–H and O–H groups in total. The Bertz CT molecular complexity index is 611. The third-order valence-corrected chi connectivity index (χ3v) is 3.26. The minimum Gasteiger partial charge on any atom is -0.486 e. The Morgan fingerprint density at radius 3 is 2.75 bits per heavy atom. The van der Waals surface area contributed by atoms with Gasteiger partial charge in [0.05, 0.1) is 17.1 Å². The van der Waals surface area contributed by atoms with Gasteiger partial charge in [0.15, 0.2) is 5.78 Å². The molecule has 6 nitrogen and oxygen atoms in total. The number of carbonyl (C=O) groups is 1. The predicted octanol–water partition coefficient (Wildman–Crippen LogP) is 2.77. The van der Waals surface area contributed by atoms with Gasteiger partial charge in [0.1, 0.15) is 0 Å². The Balaban J connectivity index is 2.60. The SMILES string of the molecule is CN(C)/C=C1\CCOc2c(cc(Br)cc2[N+](=O)[O-])C1=O. The molecule has 0 bridgehead atoms. The van der Waals surface area contributed by atoms with Gasteiger partial charge in [-0.1, -0.05) is 15.9 Å². The van der Waals surface area contributed by atoms with Crippen molar-refractivity contribution in [1.82, 2.24) is 4.90 Å². The van der Waals surface area contributed by atoms with Crippen molar-refractivity contribution in [3.8, 4) is 5.75 Å². The highest BCUT2D eigenvalue weighted by atomic mass is 79.9. The maximum atomic E-state index is 12.5. The number of rotatable bonds is 2. The monoisotopic (exact) mass is 340 g/mol. The summed E-state index contributed by atoms with van der Waals surface area (Å²) in [6, 6.07) is 2.90. The van der Waals surface area contributed by atoms with E-state index in [-0.39, 0.29) is 29.4 Å². The molecule has 20 heavy (non-hydrogen) atoms. The van der Waals surface area contributed by atoms with Crippen molar-refractivity contribution in [3.63, 3.8) is 0 Å². The molecule has 7 heteroatoms. The van der Waals surface area contributed by atoms with Gasteiger partial charge >= 0.3 is 5.69 Å². The summed E-state index contributed by atoms with van der Waals surface area (Å²) in [6.45, 7) is 0.237. The van der Waals surface area contributed by atoms with Crippen LogP contribution in [0, 0.1) is 10.1 Å². The maximum absolute atomic E-state index is 12.5. The second kappa shape index (κ2) is 5.62. The summed E-state index contributed by atoms with van der Waals surface area (Å²) in [6.07, 6.45) is 2.13. The number of hydrogen-bond acceptors (Lipinski definition) is 5. The van der Waals surface area contributed by atoms with E-state index in [2.05, 4.69) is 15.9 Å². The summed E-state index contributed by atoms with van der Waals surface area (Å²) < 4.78 is 5.91. The van der Waals surface area contributed by atoms with Crippen LogP contribution in [0.15, 0.2) is 28.4 Å². The molecule has 0 fully saturated rings. The van der Waals surface area contributed by atoms with E-state index < -0.39 is 4.92 Å². The largest absolute Gasteiger partial charge is 0.486 e. The van der Waals surface area contributed by atoms with Crippen LogP contribution in [0.3, 0.4) is 0 Å². The Morgan fingerprint density at radius 2 is 2.15 bits per heavy atom. The summed E-state index contributed by atoms with van der Waals surface area (Å²) in [7, 11) is 3.63. The fourth-order valence-corrected chi connectivity index (χ4v) is 2.47. The first-order valence-electron chi connectivity index (χ1n) is 5.92. The fraction of sp³-hybridized carbons (Fsp3) is 0.308. The Morgan fingerprint density at radius 1 is 1.45 bits per heavy atom. The molecule has 0 saturated carbocycles. The van der Waals surface area contributed by atoms with E-state index in [1.165, 1.54) is 6.07 Å². The lowest BCUT2D eigenvalue weighted by Gasteiger charge is -2.09. The van der Waals surface area contributed by atoms with Gasteiger partial charge in [-0.05, 0) is 6.07 Å². The number of halogens is 1. The highest BCUT2D eigenvalue weighted by Crippen LogP contribution is 2.38. The lowest BCUT2D eigenvalue weighted by atomic mass is 10.0. The van der Waals surface area contributed by atoms with Crippen molar-refractivity contribution in [3.05, 3.63) is 44.1 Å². The second-order valence-electron chi connectivity index (χ2n) is 4.60. The van der Waals surface area contributed by atoms with Gasteiger partial charge in [-0.3, -0.25) is 14.9 Å². The molecule has 1 aliphatic rings. The number of nitro benzene ring substituents is 1. The van der Waals surface area contributed by atoms with Gasteiger partial charge < -0.3 is 9.64 Å². The number of carbonyl (C=O) groups excluding carboxylic acids is 1. The van der Waals surface area contributed by atoms with E-state index in [4.69, 9.17) is 4.74 Å². The van der Waals surface area contributed by atoms with Crippen LogP contribution in [0.2, 0.25) is 0 Å². The molecule has 0 atom stereocenters. The van der Waals surface area contributed by atoms with Crippen LogP contribution in [0.5, 0.6) is 5.75 Å². The lowest BCUT2D eigenvalue weighted by Crippen LogP contribution is -2.09. The molecule has 2 rings (SSSR count). The van der Waals surface area contributed by atoms with Gasteiger partial charge in [0.2, 0.25) is 5.75 Å². The van der Waals surface area contributed by atoms with Crippen LogP contribution in [-0.4, -0.2) is 36.3 Å². The van der Waals surface area contributed by atoms with E-state index in [1.54, 1.807) is 17.2 Å². The average Bonchev–Trinajstić information content (AvgIpc) is 2.50. The molecule has 0 unspecified atom stereocenters. The van der Waals surface area contributed by atoms with Gasteiger partial charge in [0, 0.05) is 42.8 Å². The summed E-state index contributed by atoms with van der Waals surface area (Å²) in [5.41, 5.74) is 0.589. The normalized spacial score (nSPS) is 16.4. The predicted molar refractivity (Wildman–Crippen MR) is 77.0 cm³/mol. The molecule has 0 spiro atoms. The summed E-state index contributed by atoms with van der Waals surface area (Å²) in [4.78, 5) is 24.8. The third-order valence-electron chi connectivity index (χ3n) is 2.80. The fourth-order valence-electron chi connectivity index (χ4n) is 2.02. The van der Waals surface area contributed by atoms with E-state index in [0.29, 0.717) is 16.5 Å². The van der Waals surface area contributed by atoms with Crippen molar-refractivity contribution < 1.29 is 14.5 Å². The van der Waals surface area contributed by atoms with Crippen LogP contribution in [0.25, 0.3) is 0 Å². The zero-order chi connectivity index (χ0) is 14.9. The smallest absolute Gasteiger partial charge is 0.312 e. The topological polar surface area (TPSA) is 72.7 Å². The number of Topliss-reactive ketones (excluding diaryl/α,β-unsaturated/α-hetero) is 1. The molecule has 0 saturated heterocycles. The van der Waals surface area contributed by atoms with Crippen molar-refractivity contribution in [1.29, 1.82) is 0 Å². The number of benzene rings is 1. The summed E-state index contributed by atoms with van der Waals surface area (Å²) in [5.74, 6) is -0.194. The molecular formula is C13H13BrN2O4. The Labute approximate surface area is 124 Å². The van der Waals surface area contributed by atoms with Crippen molar-refractivity contribution in [2.45, 2.75) is 6.42 Å². The van der Waals surface area contributed by atoms with E-state index in [0.717, 1.165) is 0 Å². The first kappa shape index (κ1) is 14.5. The standard InChI is InChI=1S/C13H13BrN2O4/c1-15(2)7-8-3-4-20-13-10(12(8)17)5-9(14)6-11(13)16(18)19/h5-7H,3-4H2,1-2H3/b8-7+. The highest BCUT2D eigenvalue weighted by Gasteiger charge is 2.29. The van der Waals surface area contributed by atoms with Crippen LogP contribution in [0.1, 0.15) is 16.8 Å². The maximum Gasteiger partial charge on any atom is 0.312 e. The van der Waals surface area contributed by atoms with Crippen LogP contribution >= 0.6 is 15.9 Å². The molecule has 1 heterocycles. The Hall–Kier alpha value is -1.89. The number of hydrogen-bond donors (Lipinski definition) is 0. The molecule has 0 aromatic heterocycles. The number of ketones is 1. The molecule has 106 valence electrons. The zero-order valence-electron chi connectivity index (χ0n) is 11.1. The number of fused-ring (bicyclic) bond motifs is 1. The van der Waals surface area contributed by atoms with Crippen molar-refractivity contribution in [2.24, 2.45) is 0 Å². The van der Waals surface area contributed by atoms with Crippen LogP contribution < -0.4 is 4.74 Å². The minimum absolute atomic E-state index is 0.0466. The second-order valence-corrected chi connectivity index (χ2v) is 5.52. The number of nitrogens with zero attached hydrogens (tertiary/aromatic N) is 2. The van der Waals surface area contributed by atoms with Gasteiger partial charge in [-0.2, -0.15) is 0 Å². The summed E-state index contributed by atoms with van der Waals surface area (Å²) >= 11 is 3.19. The first-order valence-corrected chi connectivity index (χ1v) is 6.72. The molecule has 1 aromatic rings. The molecule has 1 aliphatic heterocycles. The molecule has 0 aliphatic carbocycles. The van der Waals surface area contributed by atoms with E-state index in [9.17, 15) is 14.9 Å². The average molecular weight is 341 g/mol. The first-order chi connectivity index (χ1) is 9.40. The molecule has 0 amide bonds. The van der Waals surface area contributed by atoms with Crippen molar-refractivity contribution in [2.75, 3.05) is 20.7 Å². The zero-order valence-corrected chi connectivity index (χ0v) is 12.6. The molecule has 1 aromatic carbocycles. The number of ether oxygens (including phenoxy) is 1. The minimum atomic E-state index is -0.544. The van der Waals surface area contributed by atoms with Crippen LogP contribution in [0.4, 0.5) is 5.69 Å². The summed E-state index contributed by atoms with van der Waals surface area (Å²) in [5, 5.41) is 11.1. The van der Waals surface area contributed by atoms with Gasteiger partial charge in [-0.25, -0.2) is 0 Å². The van der Waals surface area contributed by atoms with Crippen LogP contribution in [-0.2, 0) is 0 Å². The van der Waals surface area contributed by atoms with Gasteiger partial charge in [0.25, 0.3) is 0 Å². The highest BCUT2D eigenvalue weighted by molar-refractivity contribution is 9.10. The number of nitro groups is 1. The Kier molecular flexibility index (Phi) is 4.08. The molecule has 0 radical (unpaired) electrons. The van der Waals surface area contributed by atoms with E-state index >= 15 is 0 Å². The third kappa shape index (κ3) is 2.82. The molecular weight excluding hydrogens is 328 g/mol.